The fourth-order valence-electron chi connectivity index (χ4n) is 1.99. The molecule has 1 aliphatic carbocycles. The molecule has 0 amide bonds. The van der Waals surface area contributed by atoms with Crippen LogP contribution in [0.25, 0.3) is 0 Å². The number of hydrogen-bond donors (Lipinski definition) is 0. The molecule has 0 radical (unpaired) electrons. The van der Waals surface area contributed by atoms with Crippen LogP contribution in [-0.2, 0) is 4.79 Å². The molecule has 3 atom stereocenters. The number of allylic oxidation sites excluding steroid dienone is 2. The average Bonchev–Trinajstić information content (AvgIpc) is 1.99. The third-order valence-corrected chi connectivity index (χ3v) is 3.23. The quantitative estimate of drug-likeness (QED) is 0.432. The van der Waals surface area contributed by atoms with Gasteiger partial charge in [0.1, 0.15) is 6.29 Å². The van der Waals surface area contributed by atoms with E-state index in [0.717, 1.165) is 6.29 Å². The average molecular weight is 166 g/mol. The monoisotopic (exact) mass is 166 g/mol. The Labute approximate surface area is 74.9 Å². The van der Waals surface area contributed by atoms with Gasteiger partial charge >= 0.3 is 0 Å². The lowest BCUT2D eigenvalue weighted by Gasteiger charge is -2.38. The Morgan fingerprint density at radius 2 is 1.92 bits per heavy atom. The summed E-state index contributed by atoms with van der Waals surface area (Å²) in [6.07, 6.45) is 5.52. The number of hydrogen-bond acceptors (Lipinski definition) is 1. The van der Waals surface area contributed by atoms with Gasteiger partial charge in [-0.1, -0.05) is 39.8 Å². The highest BCUT2D eigenvalue weighted by Crippen LogP contribution is 2.40. The molecule has 0 aromatic rings. The molecule has 0 fully saturated rings. The minimum atomic E-state index is 0.0493. The van der Waals surface area contributed by atoms with Crippen molar-refractivity contribution in [3.8, 4) is 0 Å². The van der Waals surface area contributed by atoms with Crippen molar-refractivity contribution >= 4 is 6.29 Å². The van der Waals surface area contributed by atoms with Crippen LogP contribution in [-0.4, -0.2) is 6.29 Å². The number of rotatable bonds is 1. The van der Waals surface area contributed by atoms with Crippen molar-refractivity contribution in [3.05, 3.63) is 12.2 Å². The largest absolute Gasteiger partial charge is 0.303 e. The van der Waals surface area contributed by atoms with E-state index in [-0.39, 0.29) is 11.3 Å². The number of carbonyl (C=O) groups excluding carboxylic acids is 1. The van der Waals surface area contributed by atoms with Gasteiger partial charge in [-0.25, -0.2) is 0 Å². The van der Waals surface area contributed by atoms with Gasteiger partial charge < -0.3 is 4.79 Å². The molecule has 0 saturated heterocycles. The van der Waals surface area contributed by atoms with Crippen LogP contribution in [0.3, 0.4) is 0 Å². The fourth-order valence-corrected chi connectivity index (χ4v) is 1.99. The molecule has 1 rings (SSSR count). The predicted molar refractivity (Wildman–Crippen MR) is 50.8 cm³/mol. The molecular formula is C11H18O. The molecule has 3 unspecified atom stereocenters. The van der Waals surface area contributed by atoms with E-state index in [1.165, 1.54) is 0 Å². The first kappa shape index (κ1) is 9.50. The second-order valence-corrected chi connectivity index (χ2v) is 4.56. The summed E-state index contributed by atoms with van der Waals surface area (Å²) < 4.78 is 0. The molecule has 1 aliphatic rings. The summed E-state index contributed by atoms with van der Waals surface area (Å²) in [6, 6.07) is 0. The second kappa shape index (κ2) is 3.04. The zero-order valence-corrected chi connectivity index (χ0v) is 8.37. The number of carbonyl (C=O) groups is 1. The van der Waals surface area contributed by atoms with Crippen LogP contribution in [0.2, 0.25) is 0 Å². The van der Waals surface area contributed by atoms with E-state index in [9.17, 15) is 4.79 Å². The van der Waals surface area contributed by atoms with E-state index in [2.05, 4.69) is 39.8 Å². The van der Waals surface area contributed by atoms with Gasteiger partial charge in [0.25, 0.3) is 0 Å². The molecule has 0 aromatic heterocycles. The van der Waals surface area contributed by atoms with Crippen molar-refractivity contribution in [2.45, 2.75) is 27.7 Å². The summed E-state index contributed by atoms with van der Waals surface area (Å²) in [6.45, 7) is 8.60. The van der Waals surface area contributed by atoms with E-state index in [1.807, 2.05) is 0 Å². The summed E-state index contributed by atoms with van der Waals surface area (Å²) in [5, 5.41) is 0. The van der Waals surface area contributed by atoms with Crippen LogP contribution in [0.4, 0.5) is 0 Å². The zero-order chi connectivity index (χ0) is 9.35. The Balaban J connectivity index is 2.95. The lowest BCUT2D eigenvalue weighted by Crippen LogP contribution is -2.35. The Kier molecular flexibility index (Phi) is 2.41. The molecule has 0 N–H and O–H groups in total. The van der Waals surface area contributed by atoms with Crippen LogP contribution in [0.15, 0.2) is 12.2 Å². The first-order chi connectivity index (χ1) is 5.49. The smallest absolute Gasteiger partial charge is 0.124 e. The van der Waals surface area contributed by atoms with Gasteiger partial charge in [-0.2, -0.15) is 0 Å². The van der Waals surface area contributed by atoms with E-state index in [1.54, 1.807) is 0 Å². The Hall–Kier alpha value is -0.590. The molecular weight excluding hydrogens is 148 g/mol. The lowest BCUT2D eigenvalue weighted by atomic mass is 9.65. The van der Waals surface area contributed by atoms with Gasteiger partial charge in [0.2, 0.25) is 0 Å². The van der Waals surface area contributed by atoms with E-state index in [0.29, 0.717) is 11.8 Å². The third kappa shape index (κ3) is 1.45. The summed E-state index contributed by atoms with van der Waals surface area (Å²) in [7, 11) is 0. The van der Waals surface area contributed by atoms with Crippen molar-refractivity contribution in [3.63, 3.8) is 0 Å². The van der Waals surface area contributed by atoms with Crippen LogP contribution in [0, 0.1) is 23.2 Å². The molecule has 0 spiro atoms. The highest BCUT2D eigenvalue weighted by Gasteiger charge is 2.36. The molecule has 0 aliphatic heterocycles. The van der Waals surface area contributed by atoms with Crippen LogP contribution in [0.1, 0.15) is 27.7 Å². The van der Waals surface area contributed by atoms with Crippen molar-refractivity contribution < 1.29 is 4.79 Å². The SMILES string of the molecule is CC1C=CC(C)(C)C(C=O)C1C. The van der Waals surface area contributed by atoms with E-state index >= 15 is 0 Å². The molecule has 68 valence electrons. The van der Waals surface area contributed by atoms with Gasteiger partial charge in [-0.15, -0.1) is 0 Å². The number of aldehydes is 1. The maximum atomic E-state index is 10.9. The minimum Gasteiger partial charge on any atom is -0.303 e. The summed E-state index contributed by atoms with van der Waals surface area (Å²) in [5.41, 5.74) is 0.0493. The normalized spacial score (nSPS) is 39.5. The van der Waals surface area contributed by atoms with Crippen LogP contribution >= 0.6 is 0 Å². The lowest BCUT2D eigenvalue weighted by molar-refractivity contribution is -0.116. The van der Waals surface area contributed by atoms with E-state index in [4.69, 9.17) is 0 Å². The minimum absolute atomic E-state index is 0.0493. The van der Waals surface area contributed by atoms with Gasteiger partial charge in [-0.3, -0.25) is 0 Å². The zero-order valence-electron chi connectivity index (χ0n) is 8.37. The topological polar surface area (TPSA) is 17.1 Å². The molecule has 1 nitrogen and oxygen atoms in total. The first-order valence-electron chi connectivity index (χ1n) is 4.63. The summed E-state index contributed by atoms with van der Waals surface area (Å²) in [4.78, 5) is 10.9. The molecule has 0 heterocycles. The van der Waals surface area contributed by atoms with Crippen LogP contribution < -0.4 is 0 Å². The molecule has 12 heavy (non-hydrogen) atoms. The fraction of sp³-hybridized carbons (Fsp3) is 0.727. The Morgan fingerprint density at radius 3 is 2.33 bits per heavy atom. The van der Waals surface area contributed by atoms with Crippen molar-refractivity contribution in [1.82, 2.24) is 0 Å². The first-order valence-corrected chi connectivity index (χ1v) is 4.63. The van der Waals surface area contributed by atoms with E-state index < -0.39 is 0 Å². The summed E-state index contributed by atoms with van der Waals surface area (Å²) in [5.74, 6) is 1.19. The van der Waals surface area contributed by atoms with Crippen molar-refractivity contribution in [2.75, 3.05) is 0 Å². The maximum Gasteiger partial charge on any atom is 0.124 e. The highest BCUT2D eigenvalue weighted by molar-refractivity contribution is 5.57. The highest BCUT2D eigenvalue weighted by atomic mass is 16.1. The second-order valence-electron chi connectivity index (χ2n) is 4.56. The Bertz CT molecular complexity index is 203. The predicted octanol–water partition coefficient (Wildman–Crippen LogP) is 2.67. The van der Waals surface area contributed by atoms with Gasteiger partial charge in [0, 0.05) is 5.92 Å². The molecule has 1 heteroatoms. The maximum absolute atomic E-state index is 10.9. The van der Waals surface area contributed by atoms with Crippen LogP contribution in [0.5, 0.6) is 0 Å². The van der Waals surface area contributed by atoms with Crippen molar-refractivity contribution in [1.29, 1.82) is 0 Å². The molecule has 0 bridgehead atoms. The standard InChI is InChI=1S/C11H18O/c1-8-5-6-11(3,4)10(7-12)9(8)2/h5-10H,1-4H3. The molecule has 0 saturated carbocycles. The van der Waals surface area contributed by atoms with Gasteiger partial charge in [0.05, 0.1) is 0 Å². The van der Waals surface area contributed by atoms with Gasteiger partial charge in [0.15, 0.2) is 0 Å². The van der Waals surface area contributed by atoms with Crippen molar-refractivity contribution in [2.24, 2.45) is 23.2 Å². The summed E-state index contributed by atoms with van der Waals surface area (Å²) >= 11 is 0. The molecule has 0 aromatic carbocycles. The van der Waals surface area contributed by atoms with Gasteiger partial charge in [-0.05, 0) is 17.3 Å². The third-order valence-electron chi connectivity index (χ3n) is 3.23. The Morgan fingerprint density at radius 1 is 1.33 bits per heavy atom.